The predicted octanol–water partition coefficient (Wildman–Crippen LogP) is -2.71. The first kappa shape index (κ1) is 21.2. The van der Waals surface area contributed by atoms with Gasteiger partial charge in [-0.3, -0.25) is 25.6 Å². The van der Waals surface area contributed by atoms with Crippen molar-refractivity contribution in [3.63, 3.8) is 0 Å². The van der Waals surface area contributed by atoms with E-state index in [0.717, 1.165) is 0 Å². The molecule has 4 amide bonds. The van der Waals surface area contributed by atoms with Crippen molar-refractivity contribution >= 4 is 29.8 Å². The zero-order valence-electron chi connectivity index (χ0n) is 15.0. The Bertz CT molecular complexity index is 592. The molecule has 0 bridgehead atoms. The molecule has 0 aromatic carbocycles. The highest BCUT2D eigenvalue weighted by Gasteiger charge is 2.31. The summed E-state index contributed by atoms with van der Waals surface area (Å²) in [6.45, 7) is 0.588. The number of urea groups is 1. The van der Waals surface area contributed by atoms with Crippen molar-refractivity contribution in [2.45, 2.75) is 31.3 Å². The number of primary amides is 1. The van der Waals surface area contributed by atoms with Gasteiger partial charge in [0.05, 0.1) is 6.54 Å². The molecule has 0 aliphatic carbocycles. The van der Waals surface area contributed by atoms with Crippen LogP contribution < -0.4 is 27.8 Å². The van der Waals surface area contributed by atoms with Gasteiger partial charge < -0.3 is 27.0 Å². The maximum Gasteiger partial charge on any atom is 0.318 e. The number of carbonyl (C=O) groups is 3. The summed E-state index contributed by atoms with van der Waals surface area (Å²) in [6.07, 6.45) is 1.35. The lowest BCUT2D eigenvalue weighted by Gasteiger charge is -2.30. The van der Waals surface area contributed by atoms with Gasteiger partial charge in [0.15, 0.2) is 5.96 Å². The molecule has 0 unspecified atom stereocenters. The van der Waals surface area contributed by atoms with Crippen LogP contribution in [-0.4, -0.2) is 78.8 Å². The SMILES string of the molecule is CN(CCC[C@H](N)CC(=O)N(C)[C@H]1CN=C(NC(N)=O)NC1=O)C(=N)N. The Kier molecular flexibility index (Phi) is 7.77. The molecule has 2 atom stereocenters. The Morgan fingerprint density at radius 2 is 2.08 bits per heavy atom. The number of nitrogens with zero attached hydrogens (tertiary/aromatic N) is 3. The van der Waals surface area contributed by atoms with Gasteiger partial charge in [0.25, 0.3) is 5.91 Å². The molecule has 0 fully saturated rings. The molecule has 26 heavy (non-hydrogen) atoms. The fourth-order valence-corrected chi connectivity index (χ4v) is 2.34. The average molecular weight is 369 g/mol. The lowest BCUT2D eigenvalue weighted by molar-refractivity contribution is -0.138. The lowest BCUT2D eigenvalue weighted by Crippen LogP contribution is -2.58. The molecule has 0 aromatic rings. The maximum absolute atomic E-state index is 12.3. The molecule has 0 saturated heterocycles. The predicted molar refractivity (Wildman–Crippen MR) is 96.1 cm³/mol. The first-order valence-corrected chi connectivity index (χ1v) is 8.10. The molecule has 0 radical (unpaired) electrons. The van der Waals surface area contributed by atoms with Gasteiger partial charge in [-0.05, 0) is 12.8 Å². The van der Waals surface area contributed by atoms with Crippen LogP contribution in [-0.2, 0) is 9.59 Å². The molecule has 1 aliphatic rings. The van der Waals surface area contributed by atoms with E-state index in [1.807, 2.05) is 0 Å². The zero-order valence-corrected chi connectivity index (χ0v) is 15.0. The van der Waals surface area contributed by atoms with Gasteiger partial charge in [-0.1, -0.05) is 0 Å². The number of nitrogens with two attached hydrogens (primary N) is 3. The summed E-state index contributed by atoms with van der Waals surface area (Å²) in [5, 5.41) is 11.8. The Morgan fingerprint density at radius 1 is 1.42 bits per heavy atom. The van der Waals surface area contributed by atoms with Crippen molar-refractivity contribution in [3.05, 3.63) is 0 Å². The Balaban J connectivity index is 2.47. The van der Waals surface area contributed by atoms with E-state index in [2.05, 4.69) is 15.6 Å². The van der Waals surface area contributed by atoms with Crippen molar-refractivity contribution in [3.8, 4) is 0 Å². The minimum absolute atomic E-state index is 0.0162. The number of likely N-dealkylation sites (N-methyl/N-ethyl adjacent to an activating group) is 1. The van der Waals surface area contributed by atoms with Crippen molar-refractivity contribution < 1.29 is 14.4 Å². The van der Waals surface area contributed by atoms with Gasteiger partial charge in [-0.15, -0.1) is 0 Å². The number of rotatable bonds is 7. The van der Waals surface area contributed by atoms with Crippen molar-refractivity contribution in [1.29, 1.82) is 5.41 Å². The largest absolute Gasteiger partial charge is 0.370 e. The van der Waals surface area contributed by atoms with Gasteiger partial charge >= 0.3 is 6.03 Å². The standard InChI is InChI=1S/C14H27N9O3/c1-22(12(16)17)5-3-4-8(15)6-10(24)23(2)9-7-19-14(20-11(9)25)21-13(18)26/h8-9H,3-7,15H2,1-2H3,(H3,16,17)(H4,18,19,20,21,25,26)/t8-,9-/m0/s1. The minimum Gasteiger partial charge on any atom is -0.370 e. The molecule has 0 spiro atoms. The van der Waals surface area contributed by atoms with Crippen LogP contribution in [0, 0.1) is 5.41 Å². The van der Waals surface area contributed by atoms with E-state index in [4.69, 9.17) is 22.6 Å². The van der Waals surface area contributed by atoms with Crippen LogP contribution in [0.25, 0.3) is 0 Å². The van der Waals surface area contributed by atoms with Gasteiger partial charge in [0.2, 0.25) is 11.9 Å². The molecule has 1 heterocycles. The monoisotopic (exact) mass is 369 g/mol. The topological polar surface area (TPSA) is 196 Å². The highest BCUT2D eigenvalue weighted by molar-refractivity contribution is 6.07. The van der Waals surface area contributed by atoms with Crippen LogP contribution in [0.5, 0.6) is 0 Å². The number of hydrogen-bond acceptors (Lipinski definition) is 6. The summed E-state index contributed by atoms with van der Waals surface area (Å²) in [4.78, 5) is 42.0. The second-order valence-electron chi connectivity index (χ2n) is 6.10. The first-order chi connectivity index (χ1) is 12.1. The number of amides is 4. The second kappa shape index (κ2) is 9.56. The van der Waals surface area contributed by atoms with Crippen molar-refractivity contribution in [1.82, 2.24) is 20.4 Å². The normalized spacial score (nSPS) is 17.6. The molecule has 9 N–H and O–H groups in total. The molecule has 12 nitrogen and oxygen atoms in total. The molecule has 0 aromatic heterocycles. The second-order valence-corrected chi connectivity index (χ2v) is 6.10. The van der Waals surface area contributed by atoms with Crippen LogP contribution in [0.3, 0.4) is 0 Å². The molecular weight excluding hydrogens is 342 g/mol. The molecular formula is C14H27N9O3. The van der Waals surface area contributed by atoms with Crippen LogP contribution in [0.2, 0.25) is 0 Å². The highest BCUT2D eigenvalue weighted by Crippen LogP contribution is 2.08. The highest BCUT2D eigenvalue weighted by atomic mass is 16.2. The van der Waals surface area contributed by atoms with Gasteiger partial charge in [0.1, 0.15) is 6.04 Å². The fraction of sp³-hybridized carbons (Fsp3) is 0.643. The number of nitrogens with one attached hydrogen (secondary N) is 3. The van der Waals surface area contributed by atoms with Crippen molar-refractivity contribution in [2.24, 2.45) is 22.2 Å². The van der Waals surface area contributed by atoms with Crippen LogP contribution in [0.15, 0.2) is 4.99 Å². The quantitative estimate of drug-likeness (QED) is 0.208. The number of hydrogen-bond donors (Lipinski definition) is 6. The third-order valence-corrected chi connectivity index (χ3v) is 3.99. The summed E-state index contributed by atoms with van der Waals surface area (Å²) in [6, 6.07) is -1.99. The third-order valence-electron chi connectivity index (χ3n) is 3.99. The Hall–Kier alpha value is -2.89. The van der Waals surface area contributed by atoms with Crippen LogP contribution in [0.1, 0.15) is 19.3 Å². The first-order valence-electron chi connectivity index (χ1n) is 8.10. The number of aliphatic imine (C=N–C) groups is 1. The number of guanidine groups is 2. The van der Waals surface area contributed by atoms with E-state index in [9.17, 15) is 14.4 Å². The maximum atomic E-state index is 12.3. The van der Waals surface area contributed by atoms with Gasteiger partial charge in [-0.25, -0.2) is 9.79 Å². The van der Waals surface area contributed by atoms with Gasteiger partial charge in [0, 0.05) is 33.1 Å². The van der Waals surface area contributed by atoms with Crippen molar-refractivity contribution in [2.75, 3.05) is 27.2 Å². The Morgan fingerprint density at radius 3 is 2.62 bits per heavy atom. The Labute approximate surface area is 151 Å². The molecule has 0 saturated carbocycles. The van der Waals surface area contributed by atoms with E-state index in [1.54, 1.807) is 11.9 Å². The van der Waals surface area contributed by atoms with Crippen LogP contribution in [0.4, 0.5) is 4.79 Å². The fourth-order valence-electron chi connectivity index (χ4n) is 2.34. The summed E-state index contributed by atoms with van der Waals surface area (Å²) in [5.41, 5.74) is 16.3. The van der Waals surface area contributed by atoms with E-state index >= 15 is 0 Å². The summed E-state index contributed by atoms with van der Waals surface area (Å²) >= 11 is 0. The van der Waals surface area contributed by atoms with E-state index < -0.39 is 18.0 Å². The molecule has 146 valence electrons. The summed E-state index contributed by atoms with van der Waals surface area (Å²) < 4.78 is 0. The van der Waals surface area contributed by atoms with Crippen LogP contribution >= 0.6 is 0 Å². The minimum atomic E-state index is -0.840. The molecule has 12 heteroatoms. The zero-order chi connectivity index (χ0) is 19.9. The smallest absolute Gasteiger partial charge is 0.318 e. The lowest BCUT2D eigenvalue weighted by atomic mass is 10.1. The van der Waals surface area contributed by atoms with E-state index in [-0.39, 0.29) is 36.8 Å². The van der Waals surface area contributed by atoms with E-state index in [1.165, 1.54) is 11.9 Å². The van der Waals surface area contributed by atoms with Gasteiger partial charge in [-0.2, -0.15) is 0 Å². The number of carbonyl (C=O) groups excluding carboxylic acids is 3. The van der Waals surface area contributed by atoms with E-state index in [0.29, 0.717) is 19.4 Å². The summed E-state index contributed by atoms with van der Waals surface area (Å²) in [7, 11) is 3.21. The average Bonchev–Trinajstić information content (AvgIpc) is 2.53. The molecule has 1 aliphatic heterocycles. The summed E-state index contributed by atoms with van der Waals surface area (Å²) in [5.74, 6) is -0.801. The third kappa shape index (κ3) is 6.55. The molecule has 1 rings (SSSR count).